The van der Waals surface area contributed by atoms with Crippen LogP contribution < -0.4 is 9.19 Å². The number of para-hydroxylation sites is 1. The number of rotatable bonds is 2. The maximum atomic E-state index is 11.6. The van der Waals surface area contributed by atoms with Crippen LogP contribution in [0.25, 0.3) is 10.9 Å². The summed E-state index contributed by atoms with van der Waals surface area (Å²) in [6.07, 6.45) is 1.01. The Hall–Kier alpha value is -2.09. The third kappa shape index (κ3) is 1.94. The zero-order chi connectivity index (χ0) is 12.4. The van der Waals surface area contributed by atoms with Crippen LogP contribution in [0.2, 0.25) is 0 Å². The summed E-state index contributed by atoms with van der Waals surface area (Å²) in [6, 6.07) is 6.67. The molecule has 0 spiro atoms. The van der Waals surface area contributed by atoms with Crippen molar-refractivity contribution in [3.05, 3.63) is 41.2 Å². The standard InChI is InChI=1S/C11H6N2O3Se/c12-6-17-10-7-3-1-2-4-9(7)13(16)5-8(10)11(14)15/h1-5H,(H,14,15). The molecule has 0 aliphatic carbocycles. The molecule has 0 aliphatic heterocycles. The van der Waals surface area contributed by atoms with Gasteiger partial charge in [-0.05, 0) is 0 Å². The molecule has 1 aromatic heterocycles. The molecule has 1 aromatic carbocycles. The molecule has 1 heterocycles. The second-order valence-corrected chi connectivity index (χ2v) is 4.88. The molecule has 2 aromatic rings. The van der Waals surface area contributed by atoms with Gasteiger partial charge in [-0.15, -0.1) is 0 Å². The van der Waals surface area contributed by atoms with Gasteiger partial charge in [0.25, 0.3) is 0 Å². The molecule has 0 amide bonds. The fourth-order valence-electron chi connectivity index (χ4n) is 1.56. The van der Waals surface area contributed by atoms with E-state index >= 15 is 0 Å². The van der Waals surface area contributed by atoms with Gasteiger partial charge in [0, 0.05) is 0 Å². The van der Waals surface area contributed by atoms with E-state index in [1.807, 2.05) is 4.97 Å². The van der Waals surface area contributed by atoms with Crippen molar-refractivity contribution in [1.29, 1.82) is 5.26 Å². The molecule has 0 unspecified atom stereocenters. The second-order valence-electron chi connectivity index (χ2n) is 3.21. The Balaban J connectivity index is 2.88. The quantitative estimate of drug-likeness (QED) is 0.479. The summed E-state index contributed by atoms with van der Waals surface area (Å²) in [5.41, 5.74) is 0.282. The number of aromatic nitrogens is 1. The molecule has 1 N–H and O–H groups in total. The number of hydrogen-bond donors (Lipinski definition) is 1. The zero-order valence-corrected chi connectivity index (χ0v) is 10.2. The second kappa shape index (κ2) is 4.42. The van der Waals surface area contributed by atoms with Crippen molar-refractivity contribution in [2.24, 2.45) is 0 Å². The summed E-state index contributed by atoms with van der Waals surface area (Å²) >= 11 is -0.623. The summed E-state index contributed by atoms with van der Waals surface area (Å²) in [5, 5.41) is 29.9. The molecule has 0 saturated carbocycles. The van der Waals surface area contributed by atoms with E-state index in [9.17, 15) is 10.0 Å². The van der Waals surface area contributed by atoms with Crippen LogP contribution in [0.1, 0.15) is 10.4 Å². The summed E-state index contributed by atoms with van der Waals surface area (Å²) < 4.78 is 0.964. The van der Waals surface area contributed by atoms with Gasteiger partial charge in [0.2, 0.25) is 0 Å². The minimum absolute atomic E-state index is 0.0970. The zero-order valence-electron chi connectivity index (χ0n) is 8.45. The minimum atomic E-state index is -1.19. The maximum absolute atomic E-state index is 11.6. The Morgan fingerprint density at radius 1 is 1.47 bits per heavy atom. The van der Waals surface area contributed by atoms with Crippen molar-refractivity contribution < 1.29 is 14.6 Å². The van der Waals surface area contributed by atoms with Crippen LogP contribution in [0.15, 0.2) is 30.5 Å². The molecule has 0 saturated heterocycles. The van der Waals surface area contributed by atoms with E-state index in [1.54, 1.807) is 24.3 Å². The van der Waals surface area contributed by atoms with Crippen LogP contribution in [0.5, 0.6) is 0 Å². The number of benzene rings is 1. The number of carboxylic acid groups (broad SMARTS) is 1. The molecule has 17 heavy (non-hydrogen) atoms. The number of fused-ring (bicyclic) bond motifs is 1. The first-order chi connectivity index (χ1) is 8.15. The van der Waals surface area contributed by atoms with Gasteiger partial charge < -0.3 is 0 Å². The van der Waals surface area contributed by atoms with E-state index in [4.69, 9.17) is 10.4 Å². The van der Waals surface area contributed by atoms with Crippen LogP contribution in [-0.2, 0) is 0 Å². The van der Waals surface area contributed by atoms with Crippen LogP contribution >= 0.6 is 0 Å². The number of aromatic carboxylic acids is 1. The Labute approximate surface area is 103 Å². The van der Waals surface area contributed by atoms with Gasteiger partial charge in [0.15, 0.2) is 0 Å². The van der Waals surface area contributed by atoms with E-state index < -0.39 is 20.9 Å². The average Bonchev–Trinajstić information content (AvgIpc) is 2.32. The van der Waals surface area contributed by atoms with Gasteiger partial charge in [0.1, 0.15) is 0 Å². The van der Waals surface area contributed by atoms with Crippen LogP contribution in [0.4, 0.5) is 0 Å². The van der Waals surface area contributed by atoms with Gasteiger partial charge in [-0.1, -0.05) is 0 Å². The van der Waals surface area contributed by atoms with Crippen LogP contribution in [0, 0.1) is 15.4 Å². The first kappa shape index (κ1) is 11.4. The van der Waals surface area contributed by atoms with E-state index in [2.05, 4.69) is 0 Å². The van der Waals surface area contributed by atoms with Crippen molar-refractivity contribution in [3.8, 4) is 4.97 Å². The van der Waals surface area contributed by atoms with Crippen LogP contribution in [0.3, 0.4) is 0 Å². The predicted octanol–water partition coefficient (Wildman–Crippen LogP) is -0.0180. The van der Waals surface area contributed by atoms with Gasteiger partial charge in [-0.3, -0.25) is 0 Å². The fraction of sp³-hybridized carbons (Fsp3) is 0. The summed E-state index contributed by atoms with van der Waals surface area (Å²) in [6.45, 7) is 0. The number of pyridine rings is 1. The SMILES string of the molecule is N#C[Se]c1c(C(=O)O)c[n+]([O-])c2ccccc12. The molecule has 0 atom stereocenters. The van der Waals surface area contributed by atoms with Crippen molar-refractivity contribution in [2.75, 3.05) is 0 Å². The van der Waals surface area contributed by atoms with Crippen molar-refractivity contribution in [3.63, 3.8) is 0 Å². The topological polar surface area (TPSA) is 88.0 Å². The summed E-state index contributed by atoms with van der Waals surface area (Å²) in [4.78, 5) is 13.0. The molecular formula is C11H6N2O3Se. The van der Waals surface area contributed by atoms with Gasteiger partial charge in [0.05, 0.1) is 0 Å². The average molecular weight is 293 g/mol. The third-order valence-corrected chi connectivity index (χ3v) is 3.80. The fourth-order valence-corrected chi connectivity index (χ4v) is 2.87. The van der Waals surface area contributed by atoms with Crippen molar-refractivity contribution in [2.45, 2.75) is 0 Å². The van der Waals surface area contributed by atoms with E-state index in [1.165, 1.54) is 0 Å². The Morgan fingerprint density at radius 2 is 2.18 bits per heavy atom. The Kier molecular flexibility index (Phi) is 2.96. The number of carbonyl (C=O) groups is 1. The molecule has 6 heteroatoms. The monoisotopic (exact) mass is 294 g/mol. The van der Waals surface area contributed by atoms with Crippen molar-refractivity contribution >= 4 is 36.3 Å². The molecular weight excluding hydrogens is 287 g/mol. The molecule has 84 valence electrons. The van der Waals surface area contributed by atoms with E-state index in [0.29, 0.717) is 20.1 Å². The van der Waals surface area contributed by atoms with Gasteiger partial charge in [-0.2, -0.15) is 0 Å². The molecule has 0 fully saturated rings. The van der Waals surface area contributed by atoms with Gasteiger partial charge in [-0.25, -0.2) is 0 Å². The first-order valence-corrected chi connectivity index (χ1v) is 6.30. The van der Waals surface area contributed by atoms with E-state index in [0.717, 1.165) is 6.20 Å². The normalized spacial score (nSPS) is 10.1. The molecule has 5 nitrogen and oxygen atoms in total. The number of nitriles is 1. The first-order valence-electron chi connectivity index (χ1n) is 4.59. The third-order valence-electron chi connectivity index (χ3n) is 2.26. The Morgan fingerprint density at radius 3 is 2.82 bits per heavy atom. The van der Waals surface area contributed by atoms with Gasteiger partial charge >= 0.3 is 102 Å². The molecule has 0 aliphatic rings. The molecule has 2 rings (SSSR count). The Bertz CT molecular complexity index is 649. The number of nitrogens with zero attached hydrogens (tertiary/aromatic N) is 2. The summed E-state index contributed by atoms with van der Waals surface area (Å²) in [5.74, 6) is -1.19. The molecule has 0 bridgehead atoms. The molecule has 0 radical (unpaired) electrons. The predicted molar refractivity (Wildman–Crippen MR) is 60.9 cm³/mol. The number of hydrogen-bond acceptors (Lipinski definition) is 3. The van der Waals surface area contributed by atoms with Crippen molar-refractivity contribution in [1.82, 2.24) is 0 Å². The summed E-state index contributed by atoms with van der Waals surface area (Å²) in [7, 11) is 0. The van der Waals surface area contributed by atoms with Crippen LogP contribution in [-0.4, -0.2) is 26.0 Å². The number of carboxylic acids is 1. The van der Waals surface area contributed by atoms with E-state index in [-0.39, 0.29) is 5.56 Å².